The minimum atomic E-state index is -0.0675. The molecule has 0 aliphatic heterocycles. The monoisotopic (exact) mass is 352 g/mol. The van der Waals surface area contributed by atoms with Gasteiger partial charge < -0.3 is 14.2 Å². The Kier molecular flexibility index (Phi) is 9.56. The van der Waals surface area contributed by atoms with Crippen molar-refractivity contribution in [2.45, 2.75) is 64.7 Å². The van der Waals surface area contributed by atoms with E-state index in [9.17, 15) is 4.79 Å². The number of hydrogen-bond donors (Lipinski definition) is 0. The summed E-state index contributed by atoms with van der Waals surface area (Å²) in [6, 6.07) is 0. The van der Waals surface area contributed by atoms with Gasteiger partial charge in [0, 0.05) is 26.9 Å². The van der Waals surface area contributed by atoms with Crippen LogP contribution in [0.3, 0.4) is 0 Å². The van der Waals surface area contributed by atoms with Crippen molar-refractivity contribution in [3.05, 3.63) is 11.6 Å². The lowest BCUT2D eigenvalue weighted by Gasteiger charge is -2.27. The highest BCUT2D eigenvalue weighted by atomic mass is 16.5. The number of methoxy groups -OCH3 is 1. The lowest BCUT2D eigenvalue weighted by Crippen LogP contribution is -2.21. The molecule has 1 atom stereocenters. The van der Waals surface area contributed by atoms with Crippen LogP contribution in [-0.2, 0) is 19.0 Å². The first-order valence-electron chi connectivity index (χ1n) is 10.2. The second-order valence-electron chi connectivity index (χ2n) is 7.55. The zero-order chi connectivity index (χ0) is 17.9. The molecule has 0 bridgehead atoms. The van der Waals surface area contributed by atoms with Gasteiger partial charge in [-0.1, -0.05) is 24.5 Å². The number of ether oxygens (including phenoxy) is 3. The number of carbonyl (C=O) groups excluding carboxylic acids is 1. The van der Waals surface area contributed by atoms with Gasteiger partial charge in [0.05, 0.1) is 12.5 Å². The molecule has 2 aliphatic rings. The summed E-state index contributed by atoms with van der Waals surface area (Å²) in [5.74, 6) is 1.46. The highest BCUT2D eigenvalue weighted by Crippen LogP contribution is 2.34. The van der Waals surface area contributed by atoms with Gasteiger partial charge in [-0.2, -0.15) is 0 Å². The maximum Gasteiger partial charge on any atom is 0.316 e. The summed E-state index contributed by atoms with van der Waals surface area (Å²) < 4.78 is 16.2. The molecular formula is C21H36O4. The first-order valence-corrected chi connectivity index (χ1v) is 10.2. The van der Waals surface area contributed by atoms with Gasteiger partial charge in [0.2, 0.25) is 0 Å². The largest absolute Gasteiger partial charge is 0.465 e. The van der Waals surface area contributed by atoms with Gasteiger partial charge in [0.1, 0.15) is 0 Å². The van der Waals surface area contributed by atoms with Gasteiger partial charge in [0.15, 0.2) is 0 Å². The molecule has 144 valence electrons. The molecule has 1 saturated carbocycles. The maximum absolute atomic E-state index is 11.5. The minimum Gasteiger partial charge on any atom is -0.465 e. The predicted molar refractivity (Wildman–Crippen MR) is 99.4 cm³/mol. The van der Waals surface area contributed by atoms with Gasteiger partial charge in [-0.15, -0.1) is 0 Å². The predicted octanol–water partition coefficient (Wildman–Crippen LogP) is 4.53. The summed E-state index contributed by atoms with van der Waals surface area (Å²) in [5, 5.41) is 0. The fourth-order valence-electron chi connectivity index (χ4n) is 3.79. The van der Waals surface area contributed by atoms with Crippen molar-refractivity contribution < 1.29 is 19.0 Å². The van der Waals surface area contributed by atoms with Crippen LogP contribution in [0, 0.1) is 17.8 Å². The zero-order valence-electron chi connectivity index (χ0n) is 16.1. The van der Waals surface area contributed by atoms with Gasteiger partial charge in [-0.05, 0) is 63.7 Å². The van der Waals surface area contributed by atoms with E-state index >= 15 is 0 Å². The van der Waals surface area contributed by atoms with Crippen molar-refractivity contribution in [1.29, 1.82) is 0 Å². The van der Waals surface area contributed by atoms with E-state index in [0.29, 0.717) is 6.61 Å². The molecule has 4 heteroatoms. The smallest absolute Gasteiger partial charge is 0.316 e. The Hall–Kier alpha value is -0.870. The summed E-state index contributed by atoms with van der Waals surface area (Å²) in [4.78, 5) is 11.5. The van der Waals surface area contributed by atoms with Crippen molar-refractivity contribution in [1.82, 2.24) is 0 Å². The molecule has 0 spiro atoms. The Morgan fingerprint density at radius 3 is 2.40 bits per heavy atom. The van der Waals surface area contributed by atoms with E-state index < -0.39 is 0 Å². The van der Waals surface area contributed by atoms with E-state index in [1.54, 1.807) is 7.11 Å². The van der Waals surface area contributed by atoms with Gasteiger partial charge in [-0.3, -0.25) is 4.79 Å². The van der Waals surface area contributed by atoms with E-state index in [0.717, 1.165) is 44.5 Å². The normalized spacial score (nSPS) is 25.5. The minimum absolute atomic E-state index is 0.00210. The molecule has 4 nitrogen and oxygen atoms in total. The SMILES string of the molecule is CCOC(=O)[C@@H]1C=C1CCCCCCOCC1CCC(COC)CC1. The quantitative estimate of drug-likeness (QED) is 0.278. The highest BCUT2D eigenvalue weighted by Gasteiger charge is 2.32. The molecule has 25 heavy (non-hydrogen) atoms. The third-order valence-electron chi connectivity index (χ3n) is 5.44. The highest BCUT2D eigenvalue weighted by molar-refractivity contribution is 5.83. The third kappa shape index (κ3) is 7.91. The van der Waals surface area contributed by atoms with E-state index in [4.69, 9.17) is 14.2 Å². The number of esters is 1. The van der Waals surface area contributed by atoms with Crippen LogP contribution in [0.1, 0.15) is 64.7 Å². The second-order valence-corrected chi connectivity index (χ2v) is 7.55. The summed E-state index contributed by atoms with van der Waals surface area (Å²) >= 11 is 0. The molecule has 0 unspecified atom stereocenters. The fourth-order valence-corrected chi connectivity index (χ4v) is 3.79. The Bertz CT molecular complexity index is 410. The lowest BCUT2D eigenvalue weighted by atomic mass is 9.83. The van der Waals surface area contributed by atoms with Crippen LogP contribution >= 0.6 is 0 Å². The van der Waals surface area contributed by atoms with Crippen molar-refractivity contribution in [2.75, 3.05) is 33.5 Å². The number of hydrogen-bond acceptors (Lipinski definition) is 4. The molecule has 0 aromatic rings. The zero-order valence-corrected chi connectivity index (χ0v) is 16.1. The second kappa shape index (κ2) is 11.7. The molecule has 1 fully saturated rings. The molecule has 0 radical (unpaired) electrons. The molecular weight excluding hydrogens is 316 g/mol. The van der Waals surface area contributed by atoms with Crippen molar-refractivity contribution in [2.24, 2.45) is 17.8 Å². The average Bonchev–Trinajstić information content (AvgIpc) is 3.39. The van der Waals surface area contributed by atoms with Crippen molar-refractivity contribution in [3.8, 4) is 0 Å². The van der Waals surface area contributed by atoms with Crippen molar-refractivity contribution in [3.63, 3.8) is 0 Å². The van der Waals surface area contributed by atoms with Crippen LogP contribution in [0.5, 0.6) is 0 Å². The first-order chi connectivity index (χ1) is 12.2. The van der Waals surface area contributed by atoms with Crippen LogP contribution in [0.2, 0.25) is 0 Å². The summed E-state index contributed by atoms with van der Waals surface area (Å²) in [5.41, 5.74) is 1.28. The topological polar surface area (TPSA) is 44.8 Å². The first kappa shape index (κ1) is 20.4. The van der Waals surface area contributed by atoms with E-state index in [1.165, 1.54) is 50.5 Å². The van der Waals surface area contributed by atoms with E-state index in [-0.39, 0.29) is 11.9 Å². The summed E-state index contributed by atoms with van der Waals surface area (Å²) in [6.07, 6.45) is 13.0. The van der Waals surface area contributed by atoms with Crippen LogP contribution in [0.15, 0.2) is 11.6 Å². The molecule has 2 rings (SSSR count). The van der Waals surface area contributed by atoms with E-state index in [1.807, 2.05) is 13.0 Å². The van der Waals surface area contributed by atoms with Crippen LogP contribution in [0.25, 0.3) is 0 Å². The van der Waals surface area contributed by atoms with Crippen LogP contribution in [0.4, 0.5) is 0 Å². The van der Waals surface area contributed by atoms with Crippen LogP contribution in [-0.4, -0.2) is 39.5 Å². The fraction of sp³-hybridized carbons (Fsp3) is 0.857. The maximum atomic E-state index is 11.5. The Labute approximate surface area is 153 Å². The average molecular weight is 353 g/mol. The summed E-state index contributed by atoms with van der Waals surface area (Å²) in [7, 11) is 1.80. The Morgan fingerprint density at radius 1 is 1.04 bits per heavy atom. The van der Waals surface area contributed by atoms with Gasteiger partial charge in [-0.25, -0.2) is 0 Å². The van der Waals surface area contributed by atoms with Gasteiger partial charge >= 0.3 is 5.97 Å². The molecule has 2 aliphatic carbocycles. The number of rotatable bonds is 13. The van der Waals surface area contributed by atoms with Crippen LogP contribution < -0.4 is 0 Å². The van der Waals surface area contributed by atoms with Crippen molar-refractivity contribution >= 4 is 5.97 Å². The standard InChI is InChI=1S/C21H36O4/c1-3-25-21(22)20-14-19(20)8-6-4-5-7-13-24-16-18-11-9-17(10-12-18)15-23-2/h14,17-18,20H,3-13,15-16H2,1-2H3/t17?,18?,20-/m1/s1. The van der Waals surface area contributed by atoms with E-state index in [2.05, 4.69) is 0 Å². The molecule has 0 N–H and O–H groups in total. The lowest BCUT2D eigenvalue weighted by molar-refractivity contribution is -0.144. The molecule has 0 heterocycles. The molecule has 0 amide bonds. The Balaban J connectivity index is 1.35. The third-order valence-corrected chi connectivity index (χ3v) is 5.44. The van der Waals surface area contributed by atoms with Gasteiger partial charge in [0.25, 0.3) is 0 Å². The number of unbranched alkanes of at least 4 members (excludes halogenated alkanes) is 3. The molecule has 0 aromatic heterocycles. The number of carbonyl (C=O) groups is 1. The molecule has 0 saturated heterocycles. The molecule has 0 aromatic carbocycles. The summed E-state index contributed by atoms with van der Waals surface area (Å²) in [6.45, 7) is 5.09. The Morgan fingerprint density at radius 2 is 1.72 bits per heavy atom.